The van der Waals surface area contributed by atoms with Crippen LogP contribution in [0.4, 0.5) is 10.1 Å². The fourth-order valence-corrected chi connectivity index (χ4v) is 5.22. The number of benzene rings is 3. The third-order valence-corrected chi connectivity index (χ3v) is 7.68. The quantitative estimate of drug-likeness (QED) is 0.449. The minimum Gasteiger partial charge on any atom is -0.357 e. The average Bonchev–Trinajstić information content (AvgIpc) is 2.85. The fraction of sp³-hybridized carbons (Fsp3) is 0.231. The van der Waals surface area contributed by atoms with Crippen LogP contribution in [0.25, 0.3) is 0 Å². The molecule has 0 aromatic heterocycles. The van der Waals surface area contributed by atoms with E-state index in [4.69, 9.17) is 11.6 Å². The largest absolute Gasteiger partial charge is 0.357 e. The molecule has 1 N–H and O–H groups in total. The van der Waals surface area contributed by atoms with E-state index >= 15 is 0 Å². The smallest absolute Gasteiger partial charge is 0.264 e. The number of nitrogens with one attached hydrogen (secondary N) is 1. The molecular formula is C26H27ClFN3O4S. The molecule has 7 nitrogen and oxygen atoms in total. The van der Waals surface area contributed by atoms with E-state index in [1.54, 1.807) is 55.5 Å². The van der Waals surface area contributed by atoms with Crippen LogP contribution in [0.1, 0.15) is 18.1 Å². The van der Waals surface area contributed by atoms with Gasteiger partial charge in [-0.3, -0.25) is 13.9 Å². The van der Waals surface area contributed by atoms with Gasteiger partial charge in [0.25, 0.3) is 10.0 Å². The van der Waals surface area contributed by atoms with E-state index in [1.165, 1.54) is 11.9 Å². The molecule has 0 aliphatic heterocycles. The van der Waals surface area contributed by atoms with E-state index < -0.39 is 40.2 Å². The zero-order chi connectivity index (χ0) is 26.5. The predicted octanol–water partition coefficient (Wildman–Crippen LogP) is 4.15. The summed E-state index contributed by atoms with van der Waals surface area (Å²) in [6.07, 6.45) is 0. The van der Waals surface area contributed by atoms with Gasteiger partial charge in [-0.25, -0.2) is 12.8 Å². The summed E-state index contributed by atoms with van der Waals surface area (Å²) in [6, 6.07) is 17.0. The standard InChI is InChI=1S/C26H27ClFN3O4S/c1-18-7-11-23(12-8-18)31(36(34,35)24-13-9-22(28)10-14-24)17-25(32)30(19(2)26(33)29-3)16-20-5-4-6-21(27)15-20/h4-15,19H,16-17H2,1-3H3,(H,29,33)/t19-/m0/s1. The second kappa shape index (κ2) is 11.5. The summed E-state index contributed by atoms with van der Waals surface area (Å²) >= 11 is 6.10. The first-order chi connectivity index (χ1) is 17.0. The molecule has 3 rings (SSSR count). The molecule has 10 heteroatoms. The second-order valence-corrected chi connectivity index (χ2v) is 10.5. The Morgan fingerprint density at radius 2 is 1.67 bits per heavy atom. The van der Waals surface area contributed by atoms with E-state index in [1.807, 2.05) is 6.92 Å². The highest BCUT2D eigenvalue weighted by atomic mass is 35.5. The van der Waals surface area contributed by atoms with Gasteiger partial charge in [-0.2, -0.15) is 0 Å². The van der Waals surface area contributed by atoms with Crippen molar-refractivity contribution in [1.29, 1.82) is 0 Å². The van der Waals surface area contributed by atoms with E-state index in [0.717, 1.165) is 34.1 Å². The van der Waals surface area contributed by atoms with Crippen LogP contribution in [0.15, 0.2) is 77.7 Å². The van der Waals surface area contributed by atoms with Crippen molar-refractivity contribution in [3.8, 4) is 0 Å². The van der Waals surface area contributed by atoms with Crippen molar-refractivity contribution >= 4 is 39.1 Å². The number of nitrogens with zero attached hydrogens (tertiary/aromatic N) is 2. The predicted molar refractivity (Wildman–Crippen MR) is 138 cm³/mol. The minimum absolute atomic E-state index is 0.0340. The van der Waals surface area contributed by atoms with Gasteiger partial charge in [-0.15, -0.1) is 0 Å². The Balaban J connectivity index is 2.02. The van der Waals surface area contributed by atoms with Crippen LogP contribution in [0, 0.1) is 12.7 Å². The van der Waals surface area contributed by atoms with Crippen molar-refractivity contribution in [3.05, 3.63) is 94.8 Å². The number of likely N-dealkylation sites (N-methyl/N-ethyl adjacent to an activating group) is 1. The Morgan fingerprint density at radius 1 is 1.03 bits per heavy atom. The van der Waals surface area contributed by atoms with Crippen molar-refractivity contribution < 1.29 is 22.4 Å². The molecule has 2 amide bonds. The molecule has 0 unspecified atom stereocenters. The number of anilines is 1. The maximum atomic E-state index is 13.6. The summed E-state index contributed by atoms with van der Waals surface area (Å²) in [6.45, 7) is 2.87. The third-order valence-electron chi connectivity index (χ3n) is 5.66. The van der Waals surface area contributed by atoms with Crippen LogP contribution in [-0.2, 0) is 26.2 Å². The maximum Gasteiger partial charge on any atom is 0.264 e. The van der Waals surface area contributed by atoms with Crippen LogP contribution in [-0.4, -0.2) is 44.8 Å². The van der Waals surface area contributed by atoms with Crippen LogP contribution in [0.5, 0.6) is 0 Å². The van der Waals surface area contributed by atoms with Gasteiger partial charge in [-0.1, -0.05) is 41.4 Å². The minimum atomic E-state index is -4.25. The zero-order valence-corrected chi connectivity index (χ0v) is 21.7. The lowest BCUT2D eigenvalue weighted by molar-refractivity contribution is -0.139. The van der Waals surface area contributed by atoms with Crippen LogP contribution in [0.3, 0.4) is 0 Å². The number of halogens is 2. The molecule has 3 aromatic rings. The van der Waals surface area contributed by atoms with E-state index in [9.17, 15) is 22.4 Å². The first kappa shape index (κ1) is 27.2. The average molecular weight is 532 g/mol. The van der Waals surface area contributed by atoms with Gasteiger partial charge in [0.1, 0.15) is 18.4 Å². The lowest BCUT2D eigenvalue weighted by Crippen LogP contribution is -2.50. The number of aryl methyl sites for hydroxylation is 1. The molecule has 0 heterocycles. The fourth-order valence-electron chi connectivity index (χ4n) is 3.60. The summed E-state index contributed by atoms with van der Waals surface area (Å²) in [5, 5.41) is 2.99. The van der Waals surface area contributed by atoms with Gasteiger partial charge in [0, 0.05) is 18.6 Å². The summed E-state index contributed by atoms with van der Waals surface area (Å²) in [7, 11) is -2.79. The summed E-state index contributed by atoms with van der Waals surface area (Å²) in [5.41, 5.74) is 1.84. The highest BCUT2D eigenvalue weighted by molar-refractivity contribution is 7.92. The van der Waals surface area contributed by atoms with Crippen molar-refractivity contribution in [3.63, 3.8) is 0 Å². The topological polar surface area (TPSA) is 86.8 Å². The number of rotatable bonds is 9. The van der Waals surface area contributed by atoms with Gasteiger partial charge >= 0.3 is 0 Å². The van der Waals surface area contributed by atoms with Crippen LogP contribution in [0.2, 0.25) is 5.02 Å². The molecule has 0 saturated heterocycles. The van der Waals surface area contributed by atoms with Gasteiger partial charge in [0.05, 0.1) is 10.6 Å². The normalized spacial score (nSPS) is 12.0. The number of hydrogen-bond acceptors (Lipinski definition) is 4. The number of sulfonamides is 1. The molecule has 3 aromatic carbocycles. The van der Waals surface area contributed by atoms with Crippen molar-refractivity contribution in [2.45, 2.75) is 31.3 Å². The van der Waals surface area contributed by atoms with Gasteiger partial charge in [-0.05, 0) is 67.9 Å². The lowest BCUT2D eigenvalue weighted by atomic mass is 10.1. The summed E-state index contributed by atoms with van der Waals surface area (Å²) in [4.78, 5) is 27.2. The Hall–Kier alpha value is -3.43. The van der Waals surface area contributed by atoms with Crippen LogP contribution >= 0.6 is 11.6 Å². The SMILES string of the molecule is CNC(=O)[C@H](C)N(Cc1cccc(Cl)c1)C(=O)CN(c1ccc(C)cc1)S(=O)(=O)c1ccc(F)cc1. The van der Waals surface area contributed by atoms with Crippen molar-refractivity contribution in [2.75, 3.05) is 17.9 Å². The van der Waals surface area contributed by atoms with Crippen molar-refractivity contribution in [1.82, 2.24) is 10.2 Å². The van der Waals surface area contributed by atoms with Gasteiger partial charge < -0.3 is 10.2 Å². The molecule has 0 aliphatic carbocycles. The molecule has 1 atom stereocenters. The number of carbonyl (C=O) groups excluding carboxylic acids is 2. The summed E-state index contributed by atoms with van der Waals surface area (Å²) in [5.74, 6) is -1.59. The molecule has 0 saturated carbocycles. The van der Waals surface area contributed by atoms with Gasteiger partial charge in [0.15, 0.2) is 0 Å². The molecule has 0 bridgehead atoms. The number of hydrogen-bond donors (Lipinski definition) is 1. The monoisotopic (exact) mass is 531 g/mol. The first-order valence-corrected chi connectivity index (χ1v) is 12.9. The Bertz CT molecular complexity index is 1330. The lowest BCUT2D eigenvalue weighted by Gasteiger charge is -2.31. The molecular weight excluding hydrogens is 505 g/mol. The second-order valence-electron chi connectivity index (χ2n) is 8.24. The molecule has 190 valence electrons. The maximum absolute atomic E-state index is 13.6. The molecule has 0 fully saturated rings. The Labute approximate surface area is 215 Å². The zero-order valence-electron chi connectivity index (χ0n) is 20.1. The third kappa shape index (κ3) is 6.41. The van der Waals surface area contributed by atoms with Gasteiger partial charge in [0.2, 0.25) is 11.8 Å². The first-order valence-electron chi connectivity index (χ1n) is 11.1. The molecule has 0 radical (unpaired) electrons. The summed E-state index contributed by atoms with van der Waals surface area (Å²) < 4.78 is 41.6. The molecule has 0 spiro atoms. The van der Waals surface area contributed by atoms with Crippen LogP contribution < -0.4 is 9.62 Å². The Kier molecular flexibility index (Phi) is 8.70. The number of amides is 2. The van der Waals surface area contributed by atoms with E-state index in [0.29, 0.717) is 10.6 Å². The number of carbonyl (C=O) groups is 2. The molecule has 0 aliphatic rings. The van der Waals surface area contributed by atoms with E-state index in [-0.39, 0.29) is 17.1 Å². The van der Waals surface area contributed by atoms with E-state index in [2.05, 4.69) is 5.32 Å². The molecule has 36 heavy (non-hydrogen) atoms. The Morgan fingerprint density at radius 3 is 2.25 bits per heavy atom. The highest BCUT2D eigenvalue weighted by Gasteiger charge is 2.32. The van der Waals surface area contributed by atoms with Crippen molar-refractivity contribution in [2.24, 2.45) is 0 Å². The highest BCUT2D eigenvalue weighted by Crippen LogP contribution is 2.25.